The molecule has 2 saturated carbocycles. The van der Waals surface area contributed by atoms with Gasteiger partial charge in [-0.05, 0) is 94.4 Å². The summed E-state index contributed by atoms with van der Waals surface area (Å²) in [5, 5.41) is 19.1. The van der Waals surface area contributed by atoms with Gasteiger partial charge in [-0.25, -0.2) is 0 Å². The van der Waals surface area contributed by atoms with Gasteiger partial charge < -0.3 is 60.2 Å². The molecule has 6 fully saturated rings. The van der Waals surface area contributed by atoms with Gasteiger partial charge in [-0.2, -0.15) is 0 Å². The molecular weight excluding hydrogens is 1080 g/mol. The van der Waals surface area contributed by atoms with Gasteiger partial charge >= 0.3 is 0 Å². The molecule has 6 heterocycles. The summed E-state index contributed by atoms with van der Waals surface area (Å²) in [6.45, 7) is 11.7. The van der Waals surface area contributed by atoms with Gasteiger partial charge in [-0.3, -0.25) is 48.2 Å². The Morgan fingerprint density at radius 3 is 1.68 bits per heavy atom. The Hall–Kier alpha value is -6.56. The standard InChI is InChI=1S/C62H83N9O13/c1-37(64-53(72)32-70-18-22-80-23-19-70)57(76)68-50(28-42-31-63-47-15-8-7-13-45(42)47)59(78)67-49(56(75)62(4)36-84-62)27-40-12-9-14-44(40)41-16-17-46-43(34-82-52(46)30-41)29-51(69-58(77)38(2)65-54(73)33-71-20-24-81-25-21-71)60(79)66-48(26-39-10-5-6-11-39)55(74)61(3)35-83-61/h7-8,13,15-17,30-31,34,37-40,44,48-51,63H,5-6,9-12,14,18-29,32-33,35-36H2,1-4H3,(H,64,72)(H,65,73)(H,66,79)(H,67,78)(H,68,76)(H,69,77)/t37-,38-,40?,44?,48-,49-,50-,51-,61+,62+/m0/s1. The highest BCUT2D eigenvalue weighted by molar-refractivity contribution is 6.00. The Balaban J connectivity index is 0.847. The summed E-state index contributed by atoms with van der Waals surface area (Å²) in [4.78, 5) is 119. The molecule has 2 aromatic carbocycles. The molecule has 2 aromatic heterocycles. The van der Waals surface area contributed by atoms with E-state index in [1.54, 1.807) is 34.0 Å². The second-order valence-corrected chi connectivity index (χ2v) is 24.6. The van der Waals surface area contributed by atoms with Crippen LogP contribution in [0.1, 0.15) is 108 Å². The van der Waals surface area contributed by atoms with Crippen molar-refractivity contribution in [1.82, 2.24) is 46.7 Å². The monoisotopic (exact) mass is 1160 g/mol. The fourth-order valence-electron chi connectivity index (χ4n) is 12.8. The maximum absolute atomic E-state index is 14.8. The highest BCUT2D eigenvalue weighted by atomic mass is 16.6. The molecule has 2 aliphatic carbocycles. The molecule has 454 valence electrons. The van der Waals surface area contributed by atoms with Crippen molar-refractivity contribution in [3.05, 3.63) is 71.6 Å². The largest absolute Gasteiger partial charge is 0.464 e. The molecule has 0 spiro atoms. The minimum absolute atomic E-state index is 0.0110. The van der Waals surface area contributed by atoms with Crippen LogP contribution in [0, 0.1) is 11.8 Å². The molecule has 84 heavy (non-hydrogen) atoms. The Bertz CT molecular complexity index is 3040. The lowest BCUT2D eigenvalue weighted by atomic mass is 9.82. The van der Waals surface area contributed by atoms with E-state index in [2.05, 4.69) is 36.9 Å². The van der Waals surface area contributed by atoms with Gasteiger partial charge in [-0.1, -0.05) is 62.4 Å². The number of aromatic amines is 1. The normalized spacial score (nSPS) is 25.0. The lowest BCUT2D eigenvalue weighted by molar-refractivity contribution is -0.134. The number of carbonyl (C=O) groups excluding carboxylic acids is 8. The molecule has 10 atom stereocenters. The van der Waals surface area contributed by atoms with E-state index in [9.17, 15) is 38.4 Å². The van der Waals surface area contributed by atoms with Crippen LogP contribution >= 0.6 is 0 Å². The summed E-state index contributed by atoms with van der Waals surface area (Å²) in [6, 6.07) is 7.58. The number of para-hydroxylation sites is 1. The zero-order valence-electron chi connectivity index (χ0n) is 48.9. The maximum atomic E-state index is 14.8. The third-order valence-electron chi connectivity index (χ3n) is 18.1. The minimum atomic E-state index is -1.16. The number of fused-ring (bicyclic) bond motifs is 2. The molecule has 4 aromatic rings. The molecule has 6 aliphatic rings. The van der Waals surface area contributed by atoms with E-state index >= 15 is 0 Å². The molecule has 10 rings (SSSR count). The fourth-order valence-corrected chi connectivity index (χ4v) is 12.8. The number of H-pyrrole nitrogens is 1. The predicted octanol–water partition coefficient (Wildman–Crippen LogP) is 2.88. The van der Waals surface area contributed by atoms with Crippen molar-refractivity contribution in [2.75, 3.05) is 78.9 Å². The Morgan fingerprint density at radius 2 is 1.12 bits per heavy atom. The summed E-state index contributed by atoms with van der Waals surface area (Å²) in [6.07, 6.45) is 10.7. The molecule has 2 unspecified atom stereocenters. The lowest BCUT2D eigenvalue weighted by Crippen LogP contribution is -2.57. The van der Waals surface area contributed by atoms with Gasteiger partial charge in [-0.15, -0.1) is 0 Å². The first-order valence-electron chi connectivity index (χ1n) is 30.2. The highest BCUT2D eigenvalue weighted by Gasteiger charge is 2.52. The summed E-state index contributed by atoms with van der Waals surface area (Å²) >= 11 is 0. The number of rotatable bonds is 27. The van der Waals surface area contributed by atoms with Crippen molar-refractivity contribution in [2.45, 2.75) is 152 Å². The number of morpholine rings is 2. The number of carbonyl (C=O) groups is 8. The van der Waals surface area contributed by atoms with Gasteiger partial charge in [0.2, 0.25) is 35.4 Å². The average molecular weight is 1160 g/mol. The average Bonchev–Trinajstić information content (AvgIpc) is 3.78. The number of hydrogen-bond donors (Lipinski definition) is 7. The van der Waals surface area contributed by atoms with Gasteiger partial charge in [0.15, 0.2) is 11.6 Å². The number of ketones is 2. The number of nitrogens with zero attached hydrogens (tertiary/aromatic N) is 2. The first-order chi connectivity index (χ1) is 40.4. The molecule has 4 saturated heterocycles. The van der Waals surface area contributed by atoms with Crippen LogP contribution in [0.4, 0.5) is 0 Å². The zero-order chi connectivity index (χ0) is 59.1. The summed E-state index contributed by atoms with van der Waals surface area (Å²) in [5.41, 5.74) is 1.76. The van der Waals surface area contributed by atoms with Crippen molar-refractivity contribution in [2.24, 2.45) is 11.8 Å². The molecule has 0 radical (unpaired) electrons. The number of epoxide rings is 2. The molecule has 22 heteroatoms. The van der Waals surface area contributed by atoms with Crippen molar-refractivity contribution in [1.29, 1.82) is 0 Å². The molecule has 22 nitrogen and oxygen atoms in total. The quantitative estimate of drug-likeness (QED) is 0.0423. The predicted molar refractivity (Wildman–Crippen MR) is 309 cm³/mol. The first-order valence-corrected chi connectivity index (χ1v) is 30.2. The van der Waals surface area contributed by atoms with E-state index in [4.69, 9.17) is 23.4 Å². The first kappa shape index (κ1) is 60.6. The Morgan fingerprint density at radius 1 is 0.595 bits per heavy atom. The van der Waals surface area contributed by atoms with Crippen molar-refractivity contribution in [3.8, 4) is 0 Å². The van der Waals surface area contributed by atoms with E-state index < -0.39 is 71.1 Å². The smallest absolute Gasteiger partial charge is 0.243 e. The van der Waals surface area contributed by atoms with Gasteiger partial charge in [0.05, 0.1) is 71.1 Å². The van der Waals surface area contributed by atoms with Gasteiger partial charge in [0, 0.05) is 67.1 Å². The third-order valence-corrected chi connectivity index (χ3v) is 18.1. The van der Waals surface area contributed by atoms with Crippen molar-refractivity contribution in [3.63, 3.8) is 0 Å². The van der Waals surface area contributed by atoms with Gasteiger partial charge in [0.1, 0.15) is 41.0 Å². The van der Waals surface area contributed by atoms with E-state index in [-0.39, 0.29) is 80.3 Å². The van der Waals surface area contributed by atoms with Crippen LogP contribution in [0.2, 0.25) is 0 Å². The second kappa shape index (κ2) is 26.8. The van der Waals surface area contributed by atoms with E-state index in [1.165, 1.54) is 0 Å². The number of furan rings is 1. The van der Waals surface area contributed by atoms with E-state index in [0.717, 1.165) is 72.4 Å². The van der Waals surface area contributed by atoms with Crippen LogP contribution in [0.25, 0.3) is 21.9 Å². The maximum Gasteiger partial charge on any atom is 0.243 e. The molecule has 4 aliphatic heterocycles. The third kappa shape index (κ3) is 15.1. The number of nitrogens with one attached hydrogen (secondary N) is 7. The van der Waals surface area contributed by atoms with Gasteiger partial charge in [0.25, 0.3) is 0 Å². The second-order valence-electron chi connectivity index (χ2n) is 24.6. The number of benzene rings is 2. The summed E-state index contributed by atoms with van der Waals surface area (Å²) in [5.74, 6) is -3.13. The van der Waals surface area contributed by atoms with Crippen molar-refractivity contribution < 1.29 is 61.7 Å². The van der Waals surface area contributed by atoms with Crippen LogP contribution in [0.5, 0.6) is 0 Å². The van der Waals surface area contributed by atoms with Crippen LogP contribution in [0.15, 0.2) is 59.3 Å². The Labute approximate surface area is 489 Å². The number of Topliss-reactive ketones (excluding diaryl/α,β-unsaturated/α-hetero) is 2. The number of ether oxygens (including phenoxy) is 4. The summed E-state index contributed by atoms with van der Waals surface area (Å²) in [7, 11) is 0. The minimum Gasteiger partial charge on any atom is -0.464 e. The van der Waals surface area contributed by atoms with Crippen LogP contribution in [0.3, 0.4) is 0 Å². The van der Waals surface area contributed by atoms with E-state index in [1.807, 2.05) is 58.5 Å². The zero-order valence-corrected chi connectivity index (χ0v) is 48.9. The summed E-state index contributed by atoms with van der Waals surface area (Å²) < 4.78 is 28.3. The molecule has 7 N–H and O–H groups in total. The van der Waals surface area contributed by atoms with E-state index in [0.29, 0.717) is 76.6 Å². The molecule has 0 bridgehead atoms. The Kier molecular flexibility index (Phi) is 19.3. The van der Waals surface area contributed by atoms with Crippen LogP contribution < -0.4 is 31.9 Å². The number of aromatic nitrogens is 1. The fraction of sp³-hybridized carbons (Fsp3) is 0.613. The number of hydrogen-bond acceptors (Lipinski definition) is 15. The lowest BCUT2D eigenvalue weighted by Gasteiger charge is -2.29. The SMILES string of the molecule is C[C@H](NC(=O)CN1CCOCC1)C(=O)N[C@@H](Cc1coc2cc(C3CCCC3C[C@H](NC(=O)[C@H](Cc3c[nH]c4ccccc34)NC(=O)[C@H](C)NC(=O)CN3CCOCC3)C(=O)[C@@]3(C)CO3)ccc12)C(=O)N[C@@H](CC1CCCC1)C(=O)[C@@]1(C)CO1. The molecular formula is C62H83N9O13. The van der Waals surface area contributed by atoms with Crippen molar-refractivity contribution >= 4 is 68.9 Å². The highest BCUT2D eigenvalue weighted by Crippen LogP contribution is 2.44. The van der Waals surface area contributed by atoms with Crippen LogP contribution in [-0.2, 0) is 70.1 Å². The topological polar surface area (TPSA) is 288 Å². The molecule has 6 amide bonds. The van der Waals surface area contributed by atoms with Crippen LogP contribution in [-0.4, -0.2) is 188 Å². The number of amides is 6.